The molecule has 1 aliphatic rings. The summed E-state index contributed by atoms with van der Waals surface area (Å²) in [6, 6.07) is 36.4. The molecule has 5 rings (SSSR count). The van der Waals surface area contributed by atoms with Gasteiger partial charge >= 0.3 is 0 Å². The van der Waals surface area contributed by atoms with Crippen LogP contribution in [-0.4, -0.2) is 23.1 Å². The summed E-state index contributed by atoms with van der Waals surface area (Å²) in [5, 5.41) is 0.0227. The second-order valence-corrected chi connectivity index (χ2v) is 9.20. The van der Waals surface area contributed by atoms with Gasteiger partial charge in [-0.15, -0.1) is 11.8 Å². The zero-order chi connectivity index (χ0) is 22.5. The molecule has 33 heavy (non-hydrogen) atoms. The summed E-state index contributed by atoms with van der Waals surface area (Å²) in [5.41, 5.74) is 5.26. The Bertz CT molecular complexity index is 1190. The van der Waals surface area contributed by atoms with Crippen LogP contribution in [0.1, 0.15) is 26.9 Å². The van der Waals surface area contributed by atoms with Crippen LogP contribution in [0.15, 0.2) is 109 Å². The molecule has 1 saturated heterocycles. The van der Waals surface area contributed by atoms with Gasteiger partial charge in [-0.2, -0.15) is 0 Å². The van der Waals surface area contributed by atoms with Gasteiger partial charge in [0.2, 0.25) is 0 Å². The van der Waals surface area contributed by atoms with Crippen molar-refractivity contribution in [1.29, 1.82) is 0 Å². The summed E-state index contributed by atoms with van der Waals surface area (Å²) >= 11 is 1.81. The number of rotatable bonds is 6. The molecule has 0 aromatic heterocycles. The first-order chi connectivity index (χ1) is 16.3. The maximum atomic E-state index is 13.3. The van der Waals surface area contributed by atoms with E-state index in [1.54, 1.807) is 11.8 Å². The quantitative estimate of drug-likeness (QED) is 0.322. The Labute approximate surface area is 199 Å². The molecule has 1 fully saturated rings. The van der Waals surface area contributed by atoms with Crippen molar-refractivity contribution in [2.45, 2.75) is 12.0 Å². The standard InChI is InChI=1S/C29H25NO2S/c31-28(25-13-11-24(12-14-25)23-9-5-2-6-10-23)30-19-20-33-29(30)26-15-17-27(18-16-26)32-21-22-7-3-1-4-8-22/h1-18,29H,19-21H2. The zero-order valence-corrected chi connectivity index (χ0v) is 19.1. The maximum Gasteiger partial charge on any atom is 0.255 e. The van der Waals surface area contributed by atoms with E-state index < -0.39 is 0 Å². The second-order valence-electron chi connectivity index (χ2n) is 8.01. The largest absolute Gasteiger partial charge is 0.489 e. The molecule has 4 aromatic rings. The Morgan fingerprint density at radius 2 is 1.42 bits per heavy atom. The molecule has 0 aliphatic carbocycles. The number of amides is 1. The van der Waals surface area contributed by atoms with E-state index in [9.17, 15) is 4.79 Å². The summed E-state index contributed by atoms with van der Waals surface area (Å²) < 4.78 is 5.91. The van der Waals surface area contributed by atoms with E-state index in [0.717, 1.165) is 45.9 Å². The summed E-state index contributed by atoms with van der Waals surface area (Å²) in [7, 11) is 0. The van der Waals surface area contributed by atoms with Gasteiger partial charge in [-0.3, -0.25) is 4.79 Å². The monoisotopic (exact) mass is 451 g/mol. The minimum atomic E-state index is 0.0227. The Balaban J connectivity index is 1.26. The average molecular weight is 452 g/mol. The van der Waals surface area contributed by atoms with Crippen LogP contribution in [0.5, 0.6) is 5.75 Å². The highest BCUT2D eigenvalue weighted by Gasteiger charge is 2.31. The third-order valence-electron chi connectivity index (χ3n) is 5.80. The van der Waals surface area contributed by atoms with Crippen molar-refractivity contribution in [3.05, 3.63) is 126 Å². The lowest BCUT2D eigenvalue weighted by atomic mass is 10.0. The fourth-order valence-electron chi connectivity index (χ4n) is 4.03. The Morgan fingerprint density at radius 3 is 2.12 bits per heavy atom. The topological polar surface area (TPSA) is 29.5 Å². The minimum Gasteiger partial charge on any atom is -0.489 e. The van der Waals surface area contributed by atoms with Gasteiger partial charge in [0, 0.05) is 17.9 Å². The predicted molar refractivity (Wildman–Crippen MR) is 135 cm³/mol. The van der Waals surface area contributed by atoms with Crippen molar-refractivity contribution in [2.75, 3.05) is 12.3 Å². The number of hydrogen-bond donors (Lipinski definition) is 0. The van der Waals surface area contributed by atoms with Crippen molar-refractivity contribution in [2.24, 2.45) is 0 Å². The summed E-state index contributed by atoms with van der Waals surface area (Å²) in [6.45, 7) is 1.29. The normalized spacial score (nSPS) is 15.4. The Morgan fingerprint density at radius 1 is 0.788 bits per heavy atom. The van der Waals surface area contributed by atoms with Crippen LogP contribution in [0.4, 0.5) is 0 Å². The molecule has 0 spiro atoms. The van der Waals surface area contributed by atoms with Crippen molar-refractivity contribution < 1.29 is 9.53 Å². The molecule has 0 bridgehead atoms. The lowest BCUT2D eigenvalue weighted by molar-refractivity contribution is 0.0760. The van der Waals surface area contributed by atoms with E-state index in [0.29, 0.717) is 6.61 Å². The van der Waals surface area contributed by atoms with Crippen LogP contribution in [0.25, 0.3) is 11.1 Å². The molecule has 1 aliphatic heterocycles. The van der Waals surface area contributed by atoms with Gasteiger partial charge in [0.15, 0.2) is 0 Å². The molecule has 0 saturated carbocycles. The first kappa shape index (κ1) is 21.4. The van der Waals surface area contributed by atoms with Crippen molar-refractivity contribution in [3.63, 3.8) is 0 Å². The molecule has 1 amide bonds. The third kappa shape index (κ3) is 4.96. The third-order valence-corrected chi connectivity index (χ3v) is 7.07. The number of nitrogens with zero attached hydrogens (tertiary/aromatic N) is 1. The lowest BCUT2D eigenvalue weighted by Crippen LogP contribution is -2.30. The van der Waals surface area contributed by atoms with E-state index in [1.807, 2.05) is 77.7 Å². The van der Waals surface area contributed by atoms with Crippen LogP contribution in [0.3, 0.4) is 0 Å². The predicted octanol–water partition coefficient (Wildman–Crippen LogP) is 6.82. The zero-order valence-electron chi connectivity index (χ0n) is 18.3. The van der Waals surface area contributed by atoms with Crippen LogP contribution in [0, 0.1) is 0 Å². The molecule has 1 unspecified atom stereocenters. The van der Waals surface area contributed by atoms with Gasteiger partial charge in [-0.25, -0.2) is 0 Å². The highest BCUT2D eigenvalue weighted by molar-refractivity contribution is 7.99. The number of carbonyl (C=O) groups is 1. The van der Waals surface area contributed by atoms with E-state index in [1.165, 1.54) is 0 Å². The maximum absolute atomic E-state index is 13.3. The van der Waals surface area contributed by atoms with Crippen molar-refractivity contribution in [1.82, 2.24) is 4.90 Å². The van der Waals surface area contributed by atoms with Crippen LogP contribution < -0.4 is 4.74 Å². The van der Waals surface area contributed by atoms with E-state index in [-0.39, 0.29) is 11.3 Å². The molecule has 0 N–H and O–H groups in total. The van der Waals surface area contributed by atoms with Crippen molar-refractivity contribution in [3.8, 4) is 16.9 Å². The SMILES string of the molecule is O=C(c1ccc(-c2ccccc2)cc1)N1CCSC1c1ccc(OCc2ccccc2)cc1. The van der Waals surface area contributed by atoms with Crippen LogP contribution in [-0.2, 0) is 6.61 Å². The van der Waals surface area contributed by atoms with Gasteiger partial charge in [-0.05, 0) is 46.5 Å². The first-order valence-electron chi connectivity index (χ1n) is 11.1. The van der Waals surface area contributed by atoms with Gasteiger partial charge < -0.3 is 9.64 Å². The smallest absolute Gasteiger partial charge is 0.255 e. The molecule has 1 heterocycles. The second kappa shape index (κ2) is 9.97. The molecule has 4 heteroatoms. The van der Waals surface area contributed by atoms with E-state index in [2.05, 4.69) is 36.4 Å². The van der Waals surface area contributed by atoms with E-state index in [4.69, 9.17) is 4.74 Å². The fraction of sp³-hybridized carbons (Fsp3) is 0.138. The van der Waals surface area contributed by atoms with Gasteiger partial charge in [0.25, 0.3) is 5.91 Å². The molecule has 3 nitrogen and oxygen atoms in total. The molecular weight excluding hydrogens is 426 g/mol. The molecule has 164 valence electrons. The van der Waals surface area contributed by atoms with Gasteiger partial charge in [0.1, 0.15) is 17.7 Å². The van der Waals surface area contributed by atoms with Crippen LogP contribution >= 0.6 is 11.8 Å². The summed E-state index contributed by atoms with van der Waals surface area (Å²) in [5.74, 6) is 1.85. The first-order valence-corrected chi connectivity index (χ1v) is 12.2. The molecule has 0 radical (unpaired) electrons. The fourth-order valence-corrected chi connectivity index (χ4v) is 5.28. The molecule has 4 aromatic carbocycles. The molecular formula is C29H25NO2S. The Hall–Kier alpha value is -3.50. The number of benzene rings is 4. The lowest BCUT2D eigenvalue weighted by Gasteiger charge is -2.24. The van der Waals surface area contributed by atoms with Gasteiger partial charge in [-0.1, -0.05) is 84.9 Å². The van der Waals surface area contributed by atoms with Gasteiger partial charge in [0.05, 0.1) is 0 Å². The number of hydrogen-bond acceptors (Lipinski definition) is 3. The number of carbonyl (C=O) groups excluding carboxylic acids is 1. The van der Waals surface area contributed by atoms with Crippen LogP contribution in [0.2, 0.25) is 0 Å². The highest BCUT2D eigenvalue weighted by atomic mass is 32.2. The number of thioether (sulfide) groups is 1. The van der Waals surface area contributed by atoms with Crippen molar-refractivity contribution >= 4 is 17.7 Å². The summed E-state index contributed by atoms with van der Waals surface area (Å²) in [6.07, 6.45) is 0. The van der Waals surface area contributed by atoms with E-state index >= 15 is 0 Å². The Kier molecular flexibility index (Phi) is 6.45. The average Bonchev–Trinajstić information content (AvgIpc) is 3.39. The number of ether oxygens (including phenoxy) is 1. The minimum absolute atomic E-state index is 0.0227. The summed E-state index contributed by atoms with van der Waals surface area (Å²) in [4.78, 5) is 15.3. The highest BCUT2D eigenvalue weighted by Crippen LogP contribution is 2.39. The molecule has 1 atom stereocenters.